The predicted molar refractivity (Wildman–Crippen MR) is 75.3 cm³/mol. The van der Waals surface area contributed by atoms with Gasteiger partial charge in [-0.25, -0.2) is 4.98 Å². The highest BCUT2D eigenvalue weighted by Crippen LogP contribution is 2.38. The van der Waals surface area contributed by atoms with Crippen molar-refractivity contribution in [3.8, 4) is 0 Å². The number of aromatic amines is 1. The van der Waals surface area contributed by atoms with Crippen molar-refractivity contribution in [3.05, 3.63) is 22.2 Å². The summed E-state index contributed by atoms with van der Waals surface area (Å²) >= 11 is 5.29. The Kier molecular flexibility index (Phi) is 4.17. The normalized spacial score (nSPS) is 19.1. The van der Waals surface area contributed by atoms with E-state index in [2.05, 4.69) is 23.8 Å². The first-order valence-corrected chi connectivity index (χ1v) is 7.15. The Morgan fingerprint density at radius 1 is 1.33 bits per heavy atom. The standard InChI is InChI=1S/C14H22N2OS/c1-10(2)11-9-12(18)16-13(15-11)14(17-3)7-5-4-6-8-14/h9-10H,4-8H2,1-3H3,(H,15,16,18). The number of nitrogens with zero attached hydrogens (tertiary/aromatic N) is 1. The fourth-order valence-corrected chi connectivity index (χ4v) is 2.88. The minimum absolute atomic E-state index is 0.253. The molecule has 0 amide bonds. The van der Waals surface area contributed by atoms with E-state index in [9.17, 15) is 0 Å². The number of hydrogen-bond donors (Lipinski definition) is 1. The van der Waals surface area contributed by atoms with E-state index in [1.807, 2.05) is 6.07 Å². The van der Waals surface area contributed by atoms with Crippen molar-refractivity contribution in [2.24, 2.45) is 0 Å². The van der Waals surface area contributed by atoms with Gasteiger partial charge < -0.3 is 9.72 Å². The third-order valence-electron chi connectivity index (χ3n) is 3.87. The molecule has 1 aromatic rings. The zero-order chi connectivity index (χ0) is 13.2. The Labute approximate surface area is 114 Å². The van der Waals surface area contributed by atoms with Gasteiger partial charge in [0, 0.05) is 12.8 Å². The summed E-state index contributed by atoms with van der Waals surface area (Å²) in [7, 11) is 1.78. The molecule has 0 spiro atoms. The number of ether oxygens (including phenoxy) is 1. The van der Waals surface area contributed by atoms with Gasteiger partial charge in [-0.15, -0.1) is 0 Å². The van der Waals surface area contributed by atoms with Crippen molar-refractivity contribution in [2.45, 2.75) is 57.5 Å². The fourth-order valence-electron chi connectivity index (χ4n) is 2.66. The van der Waals surface area contributed by atoms with Crippen molar-refractivity contribution in [2.75, 3.05) is 7.11 Å². The van der Waals surface area contributed by atoms with Crippen LogP contribution in [0.25, 0.3) is 0 Å². The predicted octanol–water partition coefficient (Wildman–Crippen LogP) is 4.07. The van der Waals surface area contributed by atoms with Crippen molar-refractivity contribution < 1.29 is 4.74 Å². The van der Waals surface area contributed by atoms with Crippen LogP contribution in [0.5, 0.6) is 0 Å². The molecule has 18 heavy (non-hydrogen) atoms. The van der Waals surface area contributed by atoms with Gasteiger partial charge in [-0.2, -0.15) is 0 Å². The zero-order valence-corrected chi connectivity index (χ0v) is 12.3. The summed E-state index contributed by atoms with van der Waals surface area (Å²) in [6, 6.07) is 1.95. The highest BCUT2D eigenvalue weighted by Gasteiger charge is 2.36. The van der Waals surface area contributed by atoms with Crippen LogP contribution in [-0.4, -0.2) is 17.1 Å². The molecule has 100 valence electrons. The average molecular weight is 266 g/mol. The molecule has 1 aromatic heterocycles. The van der Waals surface area contributed by atoms with Crippen LogP contribution >= 0.6 is 12.2 Å². The van der Waals surface area contributed by atoms with Gasteiger partial charge in [-0.3, -0.25) is 0 Å². The van der Waals surface area contributed by atoms with Gasteiger partial charge in [0.05, 0.1) is 0 Å². The summed E-state index contributed by atoms with van der Waals surface area (Å²) in [5.41, 5.74) is 0.892. The maximum atomic E-state index is 5.81. The van der Waals surface area contributed by atoms with Gasteiger partial charge in [-0.1, -0.05) is 45.3 Å². The van der Waals surface area contributed by atoms with Crippen LogP contribution in [0.2, 0.25) is 0 Å². The third-order valence-corrected chi connectivity index (χ3v) is 4.08. The lowest BCUT2D eigenvalue weighted by molar-refractivity contribution is -0.0517. The van der Waals surface area contributed by atoms with E-state index in [1.54, 1.807) is 7.11 Å². The lowest BCUT2D eigenvalue weighted by Crippen LogP contribution is -2.33. The molecular formula is C14H22N2OS. The van der Waals surface area contributed by atoms with Gasteiger partial charge >= 0.3 is 0 Å². The average Bonchev–Trinajstić information content (AvgIpc) is 2.38. The number of hydrogen-bond acceptors (Lipinski definition) is 3. The summed E-state index contributed by atoms with van der Waals surface area (Å²) in [4.78, 5) is 7.96. The van der Waals surface area contributed by atoms with Crippen molar-refractivity contribution in [1.29, 1.82) is 0 Å². The Morgan fingerprint density at radius 2 is 2.00 bits per heavy atom. The Morgan fingerprint density at radius 3 is 2.56 bits per heavy atom. The quantitative estimate of drug-likeness (QED) is 0.838. The number of methoxy groups -OCH3 is 1. The molecule has 1 fully saturated rings. The Balaban J connectivity index is 2.44. The smallest absolute Gasteiger partial charge is 0.140 e. The SMILES string of the molecule is COC1(c2nc(=S)cc(C(C)C)[nH]2)CCCCC1. The molecule has 1 aliphatic carbocycles. The second-order valence-electron chi connectivity index (χ2n) is 5.44. The number of H-pyrrole nitrogens is 1. The molecule has 0 saturated heterocycles. The molecule has 0 radical (unpaired) electrons. The molecule has 0 atom stereocenters. The molecule has 0 aromatic carbocycles. The summed E-state index contributed by atoms with van der Waals surface area (Å²) < 4.78 is 6.48. The van der Waals surface area contributed by atoms with Crippen LogP contribution in [0.4, 0.5) is 0 Å². The van der Waals surface area contributed by atoms with Crippen LogP contribution in [-0.2, 0) is 10.3 Å². The van der Waals surface area contributed by atoms with E-state index in [1.165, 1.54) is 19.3 Å². The molecule has 2 rings (SSSR count). The van der Waals surface area contributed by atoms with Crippen LogP contribution in [0.3, 0.4) is 0 Å². The summed E-state index contributed by atoms with van der Waals surface area (Å²) in [5, 5.41) is 0. The Bertz CT molecular complexity index is 461. The van der Waals surface area contributed by atoms with Gasteiger partial charge in [-0.05, 0) is 24.8 Å². The number of nitrogens with one attached hydrogen (secondary N) is 1. The van der Waals surface area contributed by atoms with E-state index in [4.69, 9.17) is 17.0 Å². The van der Waals surface area contributed by atoms with E-state index >= 15 is 0 Å². The largest absolute Gasteiger partial charge is 0.370 e. The highest BCUT2D eigenvalue weighted by atomic mass is 32.1. The van der Waals surface area contributed by atoms with Gasteiger partial charge in [0.2, 0.25) is 0 Å². The first-order chi connectivity index (χ1) is 8.57. The van der Waals surface area contributed by atoms with Crippen molar-refractivity contribution in [3.63, 3.8) is 0 Å². The Hall–Kier alpha value is -0.740. The lowest BCUT2D eigenvalue weighted by atomic mass is 9.84. The monoisotopic (exact) mass is 266 g/mol. The molecule has 0 unspecified atom stereocenters. The topological polar surface area (TPSA) is 37.9 Å². The second-order valence-corrected chi connectivity index (χ2v) is 5.86. The molecule has 1 heterocycles. The molecule has 1 saturated carbocycles. The number of rotatable bonds is 3. The van der Waals surface area contributed by atoms with Gasteiger partial charge in [0.1, 0.15) is 16.1 Å². The van der Waals surface area contributed by atoms with Gasteiger partial charge in [0.15, 0.2) is 0 Å². The highest BCUT2D eigenvalue weighted by molar-refractivity contribution is 7.71. The van der Waals surface area contributed by atoms with Crippen molar-refractivity contribution in [1.82, 2.24) is 9.97 Å². The minimum Gasteiger partial charge on any atom is -0.370 e. The molecule has 1 N–H and O–H groups in total. The molecule has 3 nitrogen and oxygen atoms in total. The third kappa shape index (κ3) is 2.64. The maximum absolute atomic E-state index is 5.81. The minimum atomic E-state index is -0.253. The summed E-state index contributed by atoms with van der Waals surface area (Å²) in [6.45, 7) is 4.31. The lowest BCUT2D eigenvalue weighted by Gasteiger charge is -2.35. The summed E-state index contributed by atoms with van der Waals surface area (Å²) in [5.74, 6) is 1.34. The van der Waals surface area contributed by atoms with Crippen LogP contribution < -0.4 is 0 Å². The zero-order valence-electron chi connectivity index (χ0n) is 11.5. The van der Waals surface area contributed by atoms with Crippen LogP contribution in [0, 0.1) is 4.64 Å². The maximum Gasteiger partial charge on any atom is 0.140 e. The van der Waals surface area contributed by atoms with E-state index in [0.29, 0.717) is 10.6 Å². The van der Waals surface area contributed by atoms with Gasteiger partial charge in [0.25, 0.3) is 0 Å². The van der Waals surface area contributed by atoms with Crippen LogP contribution in [0.1, 0.15) is 63.4 Å². The first kappa shape index (κ1) is 13.7. The number of aromatic nitrogens is 2. The molecular weight excluding hydrogens is 244 g/mol. The molecule has 4 heteroatoms. The molecule has 0 aliphatic heterocycles. The van der Waals surface area contributed by atoms with E-state index < -0.39 is 0 Å². The molecule has 0 bridgehead atoms. The fraction of sp³-hybridized carbons (Fsp3) is 0.714. The first-order valence-electron chi connectivity index (χ1n) is 6.74. The van der Waals surface area contributed by atoms with E-state index in [-0.39, 0.29) is 5.60 Å². The van der Waals surface area contributed by atoms with Crippen LogP contribution in [0.15, 0.2) is 6.07 Å². The second kappa shape index (κ2) is 5.49. The van der Waals surface area contributed by atoms with Crippen molar-refractivity contribution >= 4 is 12.2 Å². The van der Waals surface area contributed by atoms with E-state index in [0.717, 1.165) is 24.4 Å². The summed E-state index contributed by atoms with van der Waals surface area (Å²) in [6.07, 6.45) is 5.74. The molecule has 1 aliphatic rings.